The van der Waals surface area contributed by atoms with Crippen LogP contribution in [0.15, 0.2) is 16.6 Å². The zero-order valence-corrected chi connectivity index (χ0v) is 14.2. The maximum atomic E-state index is 14.2. The summed E-state index contributed by atoms with van der Waals surface area (Å²) < 4.78 is 28.5. The number of hydrogen-bond acceptors (Lipinski definition) is 1. The van der Waals surface area contributed by atoms with Crippen LogP contribution in [-0.4, -0.2) is 13.1 Å². The van der Waals surface area contributed by atoms with Crippen LogP contribution in [0, 0.1) is 23.5 Å². The molecule has 2 rings (SSSR count). The highest BCUT2D eigenvalue weighted by Crippen LogP contribution is 2.34. The summed E-state index contributed by atoms with van der Waals surface area (Å²) in [7, 11) is 0. The molecule has 1 aliphatic carbocycles. The second kappa shape index (κ2) is 8.23. The minimum Gasteiger partial charge on any atom is -0.316 e. The van der Waals surface area contributed by atoms with Crippen molar-refractivity contribution in [1.82, 2.24) is 5.32 Å². The number of hydrogen-bond donors (Lipinski definition) is 1. The Balaban J connectivity index is 2.12. The van der Waals surface area contributed by atoms with Gasteiger partial charge in [0.15, 0.2) is 0 Å². The van der Waals surface area contributed by atoms with Crippen LogP contribution in [0.4, 0.5) is 8.78 Å². The lowest BCUT2D eigenvalue weighted by molar-refractivity contribution is 0.314. The zero-order chi connectivity index (χ0) is 15.2. The van der Waals surface area contributed by atoms with Crippen molar-refractivity contribution >= 4 is 15.9 Å². The van der Waals surface area contributed by atoms with Crippen LogP contribution in [0.1, 0.15) is 44.6 Å². The van der Waals surface area contributed by atoms with Gasteiger partial charge in [-0.1, -0.05) is 32.6 Å². The van der Waals surface area contributed by atoms with Gasteiger partial charge in [-0.05, 0) is 65.8 Å². The van der Waals surface area contributed by atoms with Crippen LogP contribution >= 0.6 is 15.9 Å². The summed E-state index contributed by atoms with van der Waals surface area (Å²) in [4.78, 5) is 0. The highest BCUT2D eigenvalue weighted by atomic mass is 79.9. The number of benzene rings is 1. The number of halogens is 3. The molecule has 0 spiro atoms. The summed E-state index contributed by atoms with van der Waals surface area (Å²) in [5.41, 5.74) is 0.236. The lowest BCUT2D eigenvalue weighted by Crippen LogP contribution is -2.30. The summed E-state index contributed by atoms with van der Waals surface area (Å²) in [6.45, 7) is 3.95. The van der Waals surface area contributed by atoms with Gasteiger partial charge < -0.3 is 5.32 Å². The molecule has 21 heavy (non-hydrogen) atoms. The van der Waals surface area contributed by atoms with E-state index in [9.17, 15) is 8.78 Å². The van der Waals surface area contributed by atoms with Gasteiger partial charge in [-0.2, -0.15) is 0 Å². The Hall–Kier alpha value is -0.480. The monoisotopic (exact) mass is 359 g/mol. The lowest BCUT2D eigenvalue weighted by atomic mass is 9.85. The molecule has 0 radical (unpaired) electrons. The SMILES string of the molecule is CCCNCC(Cc1c(F)ccc(Br)c1F)C1CCCC1. The normalized spacial score (nSPS) is 17.3. The molecule has 1 N–H and O–H groups in total. The Morgan fingerprint density at radius 1 is 1.29 bits per heavy atom. The van der Waals surface area contributed by atoms with E-state index >= 15 is 0 Å². The Morgan fingerprint density at radius 3 is 2.67 bits per heavy atom. The van der Waals surface area contributed by atoms with Crippen LogP contribution < -0.4 is 5.32 Å². The van der Waals surface area contributed by atoms with Crippen molar-refractivity contribution in [2.24, 2.45) is 11.8 Å². The van der Waals surface area contributed by atoms with E-state index in [1.54, 1.807) is 0 Å². The Kier molecular flexibility index (Phi) is 6.62. The van der Waals surface area contributed by atoms with Gasteiger partial charge in [-0.15, -0.1) is 0 Å². The molecule has 0 saturated heterocycles. The maximum absolute atomic E-state index is 14.2. The average molecular weight is 360 g/mol. The van der Waals surface area contributed by atoms with Crippen LogP contribution in [0.2, 0.25) is 0 Å². The second-order valence-corrected chi connectivity index (χ2v) is 6.89. The third-order valence-electron chi connectivity index (χ3n) is 4.51. The summed E-state index contributed by atoms with van der Waals surface area (Å²) in [6, 6.07) is 2.79. The summed E-state index contributed by atoms with van der Waals surface area (Å²) >= 11 is 3.16. The predicted molar refractivity (Wildman–Crippen MR) is 86.4 cm³/mol. The fourth-order valence-corrected chi connectivity index (χ4v) is 3.69. The van der Waals surface area contributed by atoms with Crippen LogP contribution in [0.25, 0.3) is 0 Å². The zero-order valence-electron chi connectivity index (χ0n) is 12.6. The van der Waals surface area contributed by atoms with E-state index < -0.39 is 11.6 Å². The molecule has 1 unspecified atom stereocenters. The molecule has 0 aliphatic heterocycles. The fourth-order valence-electron chi connectivity index (χ4n) is 3.32. The first-order valence-electron chi connectivity index (χ1n) is 7.96. The van der Waals surface area contributed by atoms with E-state index in [4.69, 9.17) is 0 Å². The Morgan fingerprint density at radius 2 is 2.00 bits per heavy atom. The van der Waals surface area contributed by atoms with Gasteiger partial charge in [0.25, 0.3) is 0 Å². The van der Waals surface area contributed by atoms with Crippen LogP contribution in [0.5, 0.6) is 0 Å². The third kappa shape index (κ3) is 4.49. The molecule has 1 aromatic rings. The molecule has 0 bridgehead atoms. The van der Waals surface area contributed by atoms with E-state index in [0.29, 0.717) is 22.7 Å². The van der Waals surface area contributed by atoms with E-state index in [-0.39, 0.29) is 5.56 Å². The standard InChI is InChI=1S/C17H24BrF2N/c1-2-9-21-11-13(12-5-3-4-6-12)10-14-16(19)8-7-15(18)17(14)20/h7-8,12-13,21H,2-6,9-11H2,1H3. The fraction of sp³-hybridized carbons (Fsp3) is 0.647. The molecular formula is C17H24BrF2N. The highest BCUT2D eigenvalue weighted by molar-refractivity contribution is 9.10. The predicted octanol–water partition coefficient (Wildman–Crippen LogP) is 5.08. The molecule has 1 fully saturated rings. The van der Waals surface area contributed by atoms with Gasteiger partial charge >= 0.3 is 0 Å². The molecule has 118 valence electrons. The highest BCUT2D eigenvalue weighted by Gasteiger charge is 2.27. The summed E-state index contributed by atoms with van der Waals surface area (Å²) in [5.74, 6) is 0.0483. The van der Waals surface area contributed by atoms with Crippen molar-refractivity contribution in [3.05, 3.63) is 33.8 Å². The minimum absolute atomic E-state index is 0.236. The van der Waals surface area contributed by atoms with Crippen molar-refractivity contribution in [1.29, 1.82) is 0 Å². The molecule has 1 aliphatic rings. The van der Waals surface area contributed by atoms with Gasteiger partial charge in [0.05, 0.1) is 4.47 Å². The smallest absolute Gasteiger partial charge is 0.143 e. The minimum atomic E-state index is -0.437. The van der Waals surface area contributed by atoms with Crippen molar-refractivity contribution < 1.29 is 8.78 Å². The van der Waals surface area contributed by atoms with E-state index in [0.717, 1.165) is 19.5 Å². The molecule has 1 saturated carbocycles. The van der Waals surface area contributed by atoms with Gasteiger partial charge in [0, 0.05) is 5.56 Å². The molecule has 4 heteroatoms. The van der Waals surface area contributed by atoms with Gasteiger partial charge in [-0.25, -0.2) is 8.78 Å². The molecular weight excluding hydrogens is 336 g/mol. The molecule has 1 atom stereocenters. The van der Waals surface area contributed by atoms with Gasteiger partial charge in [-0.3, -0.25) is 0 Å². The third-order valence-corrected chi connectivity index (χ3v) is 5.12. The number of rotatable bonds is 7. The van der Waals surface area contributed by atoms with Gasteiger partial charge in [0.2, 0.25) is 0 Å². The summed E-state index contributed by atoms with van der Waals surface area (Å²) in [5, 5.41) is 3.43. The number of nitrogens with one attached hydrogen (secondary N) is 1. The second-order valence-electron chi connectivity index (χ2n) is 6.03. The Bertz CT molecular complexity index is 458. The van der Waals surface area contributed by atoms with E-state index in [1.807, 2.05) is 0 Å². The van der Waals surface area contributed by atoms with Crippen LogP contribution in [-0.2, 0) is 6.42 Å². The van der Waals surface area contributed by atoms with Crippen molar-refractivity contribution in [3.63, 3.8) is 0 Å². The van der Waals surface area contributed by atoms with E-state index in [1.165, 1.54) is 37.8 Å². The molecule has 0 heterocycles. The lowest BCUT2D eigenvalue weighted by Gasteiger charge is -2.24. The van der Waals surface area contributed by atoms with Crippen molar-refractivity contribution in [2.45, 2.75) is 45.4 Å². The van der Waals surface area contributed by atoms with Gasteiger partial charge in [0.1, 0.15) is 11.6 Å². The van der Waals surface area contributed by atoms with Crippen LogP contribution in [0.3, 0.4) is 0 Å². The first kappa shape index (κ1) is 16.9. The average Bonchev–Trinajstić information content (AvgIpc) is 3.00. The molecule has 0 amide bonds. The molecule has 0 aromatic heterocycles. The quantitative estimate of drug-likeness (QED) is 0.528. The first-order chi connectivity index (χ1) is 10.1. The van der Waals surface area contributed by atoms with E-state index in [2.05, 4.69) is 28.2 Å². The Labute approximate surface area is 134 Å². The van der Waals surface area contributed by atoms with Crippen molar-refractivity contribution in [3.8, 4) is 0 Å². The molecule has 1 aromatic carbocycles. The topological polar surface area (TPSA) is 12.0 Å². The summed E-state index contributed by atoms with van der Waals surface area (Å²) in [6.07, 6.45) is 6.44. The van der Waals surface area contributed by atoms with Crippen molar-refractivity contribution in [2.75, 3.05) is 13.1 Å². The maximum Gasteiger partial charge on any atom is 0.143 e. The largest absolute Gasteiger partial charge is 0.316 e. The molecule has 1 nitrogen and oxygen atoms in total. The first-order valence-corrected chi connectivity index (χ1v) is 8.75.